The highest BCUT2D eigenvalue weighted by molar-refractivity contribution is 6.44. The molecule has 0 unspecified atom stereocenters. The average Bonchev–Trinajstić information content (AvgIpc) is 2.67. The first kappa shape index (κ1) is 19.1. The normalized spacial score (nSPS) is 10.2. The summed E-state index contributed by atoms with van der Waals surface area (Å²) in [7, 11) is 5.75. The third kappa shape index (κ3) is 3.88. The summed E-state index contributed by atoms with van der Waals surface area (Å²) < 4.78 is 20.6. The number of Topliss-reactive ketones (excluding diaryl/α,β-unsaturated/α-hetero) is 2. The molecular formula is C19H20O7. The van der Waals surface area contributed by atoms with Crippen molar-refractivity contribution in [3.05, 3.63) is 41.5 Å². The van der Waals surface area contributed by atoms with E-state index in [1.54, 1.807) is 6.07 Å². The second kappa shape index (κ2) is 8.24. The number of rotatable bonds is 8. The van der Waals surface area contributed by atoms with Gasteiger partial charge in [0.2, 0.25) is 17.3 Å². The fourth-order valence-corrected chi connectivity index (χ4v) is 2.45. The highest BCUT2D eigenvalue weighted by atomic mass is 16.5. The Bertz CT molecular complexity index is 802. The number of phenolic OH excluding ortho intramolecular Hbond substituents is 1. The molecule has 0 aliphatic heterocycles. The summed E-state index contributed by atoms with van der Waals surface area (Å²) in [4.78, 5) is 24.9. The highest BCUT2D eigenvalue weighted by Crippen LogP contribution is 2.38. The number of carbonyl (C=O) groups excluding carboxylic acids is 2. The second-order valence-corrected chi connectivity index (χ2v) is 5.34. The Morgan fingerprint density at radius 3 is 1.96 bits per heavy atom. The van der Waals surface area contributed by atoms with Gasteiger partial charge in [0.1, 0.15) is 11.5 Å². The Labute approximate surface area is 151 Å². The van der Waals surface area contributed by atoms with Crippen LogP contribution in [0, 0.1) is 0 Å². The summed E-state index contributed by atoms with van der Waals surface area (Å²) in [6.45, 7) is 0. The standard InChI is InChI=1S/C19H20O7/c1-23-13-6-5-11(14(20)10-13)7-15(21)18(22)12-8-16(24-2)19(26-4)17(9-12)25-3/h5-6,8-10,20H,7H2,1-4H3. The van der Waals surface area contributed by atoms with E-state index in [1.165, 1.54) is 52.7 Å². The van der Waals surface area contributed by atoms with Crippen molar-refractivity contribution in [3.8, 4) is 28.7 Å². The lowest BCUT2D eigenvalue weighted by Crippen LogP contribution is -2.17. The first-order chi connectivity index (χ1) is 12.4. The molecule has 0 saturated carbocycles. The van der Waals surface area contributed by atoms with Crippen LogP contribution in [-0.4, -0.2) is 45.1 Å². The van der Waals surface area contributed by atoms with Crippen molar-refractivity contribution in [2.24, 2.45) is 0 Å². The molecule has 0 atom stereocenters. The Kier molecular flexibility index (Phi) is 6.06. The SMILES string of the molecule is COc1ccc(CC(=O)C(=O)c2cc(OC)c(OC)c(OC)c2)c(O)c1. The van der Waals surface area contributed by atoms with Crippen LogP contribution < -0.4 is 18.9 Å². The van der Waals surface area contributed by atoms with Crippen molar-refractivity contribution >= 4 is 11.6 Å². The lowest BCUT2D eigenvalue weighted by molar-refractivity contribution is -0.114. The number of ketones is 2. The van der Waals surface area contributed by atoms with E-state index >= 15 is 0 Å². The molecule has 0 saturated heterocycles. The van der Waals surface area contributed by atoms with Crippen molar-refractivity contribution in [2.75, 3.05) is 28.4 Å². The monoisotopic (exact) mass is 360 g/mol. The molecule has 7 nitrogen and oxygen atoms in total. The molecule has 0 amide bonds. The molecule has 138 valence electrons. The Balaban J connectivity index is 2.29. The summed E-state index contributed by atoms with van der Waals surface area (Å²) in [6.07, 6.45) is -0.245. The van der Waals surface area contributed by atoms with Gasteiger partial charge in [-0.05, 0) is 18.2 Å². The molecule has 7 heteroatoms. The molecule has 1 N–H and O–H groups in total. The molecule has 0 fully saturated rings. The van der Waals surface area contributed by atoms with Crippen LogP contribution in [0.25, 0.3) is 0 Å². The molecule has 0 aliphatic carbocycles. The Morgan fingerprint density at radius 1 is 0.885 bits per heavy atom. The summed E-state index contributed by atoms with van der Waals surface area (Å²) in [5.74, 6) is -0.193. The number of phenols is 1. The van der Waals surface area contributed by atoms with Gasteiger partial charge in [0.05, 0.1) is 28.4 Å². The predicted octanol–water partition coefficient (Wildman–Crippen LogP) is 2.42. The minimum atomic E-state index is -0.723. The molecule has 2 aromatic rings. The summed E-state index contributed by atoms with van der Waals surface area (Å²) in [5.41, 5.74) is 0.439. The van der Waals surface area contributed by atoms with E-state index in [4.69, 9.17) is 18.9 Å². The van der Waals surface area contributed by atoms with Crippen molar-refractivity contribution in [1.82, 2.24) is 0 Å². The molecule has 0 radical (unpaired) electrons. The maximum Gasteiger partial charge on any atom is 0.229 e. The van der Waals surface area contributed by atoms with Gasteiger partial charge in [0.15, 0.2) is 11.5 Å². The van der Waals surface area contributed by atoms with Crippen LogP contribution in [0.4, 0.5) is 0 Å². The van der Waals surface area contributed by atoms with Crippen LogP contribution in [0.5, 0.6) is 28.7 Å². The van der Waals surface area contributed by atoms with E-state index in [1.807, 2.05) is 0 Å². The van der Waals surface area contributed by atoms with Crippen molar-refractivity contribution in [2.45, 2.75) is 6.42 Å². The molecule has 2 aromatic carbocycles. The van der Waals surface area contributed by atoms with Gasteiger partial charge in [-0.3, -0.25) is 9.59 Å². The first-order valence-corrected chi connectivity index (χ1v) is 7.68. The molecule has 0 heterocycles. The van der Waals surface area contributed by atoms with E-state index in [9.17, 15) is 14.7 Å². The third-order valence-corrected chi connectivity index (χ3v) is 3.82. The average molecular weight is 360 g/mol. The number of carbonyl (C=O) groups is 2. The lowest BCUT2D eigenvalue weighted by atomic mass is 10.00. The van der Waals surface area contributed by atoms with Gasteiger partial charge in [0, 0.05) is 23.6 Å². The van der Waals surface area contributed by atoms with Crippen LogP contribution in [0.15, 0.2) is 30.3 Å². The molecule has 0 aromatic heterocycles. The van der Waals surface area contributed by atoms with E-state index < -0.39 is 11.6 Å². The van der Waals surface area contributed by atoms with Crippen molar-refractivity contribution < 1.29 is 33.6 Å². The maximum atomic E-state index is 12.5. The molecule has 26 heavy (non-hydrogen) atoms. The second-order valence-electron chi connectivity index (χ2n) is 5.34. The zero-order chi connectivity index (χ0) is 19.3. The maximum absolute atomic E-state index is 12.5. The van der Waals surface area contributed by atoms with E-state index in [-0.39, 0.29) is 29.2 Å². The minimum absolute atomic E-state index is 0.109. The van der Waals surface area contributed by atoms with Crippen LogP contribution >= 0.6 is 0 Å². The largest absolute Gasteiger partial charge is 0.508 e. The lowest BCUT2D eigenvalue weighted by Gasteiger charge is -2.13. The van der Waals surface area contributed by atoms with Crippen molar-refractivity contribution in [1.29, 1.82) is 0 Å². The third-order valence-electron chi connectivity index (χ3n) is 3.82. The van der Waals surface area contributed by atoms with Crippen LogP contribution in [0.2, 0.25) is 0 Å². The topological polar surface area (TPSA) is 91.3 Å². The molecular weight excluding hydrogens is 340 g/mol. The van der Waals surface area contributed by atoms with Gasteiger partial charge in [-0.15, -0.1) is 0 Å². The predicted molar refractivity (Wildman–Crippen MR) is 93.8 cm³/mol. The summed E-state index contributed by atoms with van der Waals surface area (Å²) in [6, 6.07) is 7.35. The zero-order valence-corrected chi connectivity index (χ0v) is 15.0. The number of benzene rings is 2. The molecule has 0 spiro atoms. The summed E-state index contributed by atoms with van der Waals surface area (Å²) >= 11 is 0. The van der Waals surface area contributed by atoms with Crippen LogP contribution in [0.1, 0.15) is 15.9 Å². The quantitative estimate of drug-likeness (QED) is 0.571. The molecule has 0 aliphatic rings. The zero-order valence-electron chi connectivity index (χ0n) is 15.0. The molecule has 2 rings (SSSR count). The van der Waals surface area contributed by atoms with E-state index in [2.05, 4.69) is 0 Å². The smallest absolute Gasteiger partial charge is 0.229 e. The Morgan fingerprint density at radius 2 is 1.50 bits per heavy atom. The van der Waals surface area contributed by atoms with Gasteiger partial charge in [0.25, 0.3) is 0 Å². The van der Waals surface area contributed by atoms with Crippen molar-refractivity contribution in [3.63, 3.8) is 0 Å². The fraction of sp³-hybridized carbons (Fsp3) is 0.263. The first-order valence-electron chi connectivity index (χ1n) is 7.68. The summed E-state index contributed by atoms with van der Waals surface area (Å²) in [5, 5.41) is 9.96. The van der Waals surface area contributed by atoms with Crippen LogP contribution in [-0.2, 0) is 11.2 Å². The van der Waals surface area contributed by atoms with Gasteiger partial charge in [-0.25, -0.2) is 0 Å². The van der Waals surface area contributed by atoms with Gasteiger partial charge < -0.3 is 24.1 Å². The number of hydrogen-bond acceptors (Lipinski definition) is 7. The van der Waals surface area contributed by atoms with E-state index in [0.29, 0.717) is 17.1 Å². The molecule has 0 bridgehead atoms. The van der Waals surface area contributed by atoms with Gasteiger partial charge in [-0.2, -0.15) is 0 Å². The van der Waals surface area contributed by atoms with E-state index in [0.717, 1.165) is 0 Å². The fourth-order valence-electron chi connectivity index (χ4n) is 2.45. The highest BCUT2D eigenvalue weighted by Gasteiger charge is 2.22. The van der Waals surface area contributed by atoms with Gasteiger partial charge in [-0.1, -0.05) is 6.07 Å². The van der Waals surface area contributed by atoms with Gasteiger partial charge >= 0.3 is 0 Å². The number of aromatic hydroxyl groups is 1. The number of methoxy groups -OCH3 is 4. The number of ether oxygens (including phenoxy) is 4. The Hall–Kier alpha value is -3.22. The number of hydrogen-bond donors (Lipinski definition) is 1. The minimum Gasteiger partial charge on any atom is -0.508 e. The van der Waals surface area contributed by atoms with Crippen LogP contribution in [0.3, 0.4) is 0 Å².